The Bertz CT molecular complexity index is 808. The first-order valence-corrected chi connectivity index (χ1v) is 10.7. The van der Waals surface area contributed by atoms with Crippen LogP contribution >= 0.6 is 0 Å². The van der Waals surface area contributed by atoms with E-state index in [0.29, 0.717) is 19.0 Å². The average Bonchev–Trinajstić information content (AvgIpc) is 2.67. The summed E-state index contributed by atoms with van der Waals surface area (Å²) in [6, 6.07) is 19.5. The number of sulfonamides is 1. The second-order valence-corrected chi connectivity index (χ2v) is 8.13. The van der Waals surface area contributed by atoms with Crippen LogP contribution in [0.15, 0.2) is 65.7 Å². The highest BCUT2D eigenvalue weighted by Gasteiger charge is 2.11. The molecule has 0 bridgehead atoms. The molecule has 0 aromatic heterocycles. The molecule has 2 rings (SSSR count). The van der Waals surface area contributed by atoms with Gasteiger partial charge in [-0.05, 0) is 18.1 Å². The topological polar surface area (TPSA) is 73.8 Å². The largest absolute Gasteiger partial charge is 0.357 e. The van der Waals surface area contributed by atoms with E-state index >= 15 is 0 Å². The van der Waals surface area contributed by atoms with Crippen LogP contribution in [0.25, 0.3) is 0 Å². The summed E-state index contributed by atoms with van der Waals surface area (Å²) in [5.74, 6) is 0.646. The van der Waals surface area contributed by atoms with Gasteiger partial charge < -0.3 is 10.2 Å². The summed E-state index contributed by atoms with van der Waals surface area (Å²) in [7, 11) is -1.44. The quantitative estimate of drug-likeness (QED) is 0.510. The van der Waals surface area contributed by atoms with Crippen molar-refractivity contribution in [1.29, 1.82) is 0 Å². The number of nitrogens with one attached hydrogen (secondary N) is 2. The zero-order chi connectivity index (χ0) is 19.5. The summed E-state index contributed by atoms with van der Waals surface area (Å²) in [6.07, 6.45) is 0. The first-order valence-electron chi connectivity index (χ1n) is 9.05. The maximum absolute atomic E-state index is 12.2. The summed E-state index contributed by atoms with van der Waals surface area (Å²) >= 11 is 0. The minimum Gasteiger partial charge on any atom is -0.357 e. The van der Waals surface area contributed by atoms with Crippen LogP contribution in [0.5, 0.6) is 0 Å². The van der Waals surface area contributed by atoms with Crippen LogP contribution in [0.4, 0.5) is 0 Å². The third kappa shape index (κ3) is 7.80. The lowest BCUT2D eigenvalue weighted by molar-refractivity contribution is 0.477. The summed E-state index contributed by atoms with van der Waals surface area (Å²) in [4.78, 5) is 6.45. The molecule has 0 aliphatic rings. The van der Waals surface area contributed by atoms with Gasteiger partial charge in [-0.2, -0.15) is 0 Å². The Morgan fingerprint density at radius 3 is 2.19 bits per heavy atom. The van der Waals surface area contributed by atoms with Gasteiger partial charge in [-0.3, -0.25) is 4.99 Å². The number of aliphatic imine (C=N–C) groups is 1. The number of nitrogens with zero attached hydrogens (tertiary/aromatic N) is 2. The molecule has 0 saturated heterocycles. The molecule has 0 aliphatic heterocycles. The monoisotopic (exact) mass is 388 g/mol. The molecule has 0 aliphatic carbocycles. The van der Waals surface area contributed by atoms with E-state index in [9.17, 15) is 8.42 Å². The number of guanidine groups is 1. The molecule has 0 amide bonds. The zero-order valence-electron chi connectivity index (χ0n) is 15.9. The summed E-state index contributed by atoms with van der Waals surface area (Å²) in [6.45, 7) is 3.90. The standard InChI is InChI=1S/C20H28N4O2S/c1-3-21-20(24(2)17-19-12-8-5-9-13-19)22-14-15-27(25,26)23-16-18-10-6-4-7-11-18/h4-13,23H,3,14-17H2,1-2H3,(H,21,22). The van der Waals surface area contributed by atoms with Crippen molar-refractivity contribution in [2.45, 2.75) is 20.0 Å². The van der Waals surface area contributed by atoms with Crippen molar-refractivity contribution in [2.75, 3.05) is 25.9 Å². The molecule has 7 heteroatoms. The molecule has 0 heterocycles. The fourth-order valence-corrected chi connectivity index (χ4v) is 3.40. The van der Waals surface area contributed by atoms with E-state index in [1.807, 2.05) is 67.4 Å². The fraction of sp³-hybridized carbons (Fsp3) is 0.350. The molecule has 0 spiro atoms. The second kappa shape index (κ2) is 10.7. The molecule has 0 unspecified atom stereocenters. The van der Waals surface area contributed by atoms with Crippen LogP contribution < -0.4 is 10.0 Å². The Kier molecular flexibility index (Phi) is 8.29. The summed E-state index contributed by atoms with van der Waals surface area (Å²) in [5, 5.41) is 3.21. The van der Waals surface area contributed by atoms with Gasteiger partial charge in [0, 0.05) is 26.7 Å². The maximum atomic E-state index is 12.2. The van der Waals surface area contributed by atoms with Gasteiger partial charge in [0.1, 0.15) is 0 Å². The molecule has 0 fully saturated rings. The normalized spacial score (nSPS) is 12.0. The predicted octanol–water partition coefficient (Wildman–Crippen LogP) is 2.20. The third-order valence-corrected chi connectivity index (χ3v) is 5.22. The van der Waals surface area contributed by atoms with E-state index in [4.69, 9.17) is 0 Å². The van der Waals surface area contributed by atoms with Crippen molar-refractivity contribution >= 4 is 16.0 Å². The molecule has 2 aromatic carbocycles. The van der Waals surface area contributed by atoms with Crippen LogP contribution in [0.3, 0.4) is 0 Å². The lowest BCUT2D eigenvalue weighted by Crippen LogP contribution is -2.39. The number of rotatable bonds is 9. The second-order valence-electron chi connectivity index (χ2n) is 6.20. The van der Waals surface area contributed by atoms with Crippen LogP contribution in [0.2, 0.25) is 0 Å². The smallest absolute Gasteiger partial charge is 0.213 e. The highest BCUT2D eigenvalue weighted by atomic mass is 32.2. The Morgan fingerprint density at radius 2 is 1.59 bits per heavy atom. The van der Waals surface area contributed by atoms with Crippen molar-refractivity contribution < 1.29 is 8.42 Å². The van der Waals surface area contributed by atoms with E-state index in [0.717, 1.165) is 12.1 Å². The molecule has 2 aromatic rings. The van der Waals surface area contributed by atoms with E-state index < -0.39 is 10.0 Å². The third-order valence-electron chi connectivity index (χ3n) is 3.92. The molecule has 27 heavy (non-hydrogen) atoms. The molecule has 6 nitrogen and oxygen atoms in total. The van der Waals surface area contributed by atoms with Crippen molar-refractivity contribution in [3.63, 3.8) is 0 Å². The van der Waals surface area contributed by atoms with Gasteiger partial charge in [0.15, 0.2) is 5.96 Å². The predicted molar refractivity (Wildman–Crippen MR) is 111 cm³/mol. The summed E-state index contributed by atoms with van der Waals surface area (Å²) in [5.41, 5.74) is 2.10. The van der Waals surface area contributed by atoms with E-state index in [1.165, 1.54) is 5.56 Å². The Hall–Kier alpha value is -2.38. The Balaban J connectivity index is 1.89. The van der Waals surface area contributed by atoms with Crippen LogP contribution in [0, 0.1) is 0 Å². The Morgan fingerprint density at radius 1 is 1.00 bits per heavy atom. The van der Waals surface area contributed by atoms with Crippen molar-refractivity contribution in [3.05, 3.63) is 71.8 Å². The van der Waals surface area contributed by atoms with Crippen molar-refractivity contribution in [1.82, 2.24) is 14.9 Å². The first-order chi connectivity index (χ1) is 13.0. The molecule has 146 valence electrons. The first kappa shape index (κ1) is 20.9. The summed E-state index contributed by atoms with van der Waals surface area (Å²) < 4.78 is 27.0. The highest BCUT2D eigenvalue weighted by molar-refractivity contribution is 7.89. The van der Waals surface area contributed by atoms with E-state index in [1.54, 1.807) is 0 Å². The van der Waals surface area contributed by atoms with Crippen LogP contribution in [-0.4, -0.2) is 45.2 Å². The number of benzene rings is 2. The van der Waals surface area contributed by atoms with Gasteiger partial charge in [-0.25, -0.2) is 13.1 Å². The van der Waals surface area contributed by atoms with Gasteiger partial charge in [0.2, 0.25) is 10.0 Å². The van der Waals surface area contributed by atoms with E-state index in [2.05, 4.69) is 27.2 Å². The van der Waals surface area contributed by atoms with Crippen LogP contribution in [-0.2, 0) is 23.1 Å². The maximum Gasteiger partial charge on any atom is 0.213 e. The minimum absolute atomic E-state index is 0.0477. The molecular formula is C20H28N4O2S. The fourth-order valence-electron chi connectivity index (χ4n) is 2.53. The average molecular weight is 389 g/mol. The molecule has 2 N–H and O–H groups in total. The zero-order valence-corrected chi connectivity index (χ0v) is 16.7. The van der Waals surface area contributed by atoms with Gasteiger partial charge in [-0.1, -0.05) is 60.7 Å². The molecule has 0 radical (unpaired) electrons. The molecule has 0 saturated carbocycles. The molecule has 0 atom stereocenters. The number of hydrogen-bond donors (Lipinski definition) is 2. The minimum atomic E-state index is -3.38. The van der Waals surface area contributed by atoms with Crippen molar-refractivity contribution in [3.8, 4) is 0 Å². The lowest BCUT2D eigenvalue weighted by atomic mass is 10.2. The van der Waals surface area contributed by atoms with Crippen LogP contribution in [0.1, 0.15) is 18.1 Å². The lowest BCUT2D eigenvalue weighted by Gasteiger charge is -2.22. The van der Waals surface area contributed by atoms with Gasteiger partial charge in [0.25, 0.3) is 0 Å². The number of hydrogen-bond acceptors (Lipinski definition) is 3. The van der Waals surface area contributed by atoms with Gasteiger partial charge in [0.05, 0.1) is 12.3 Å². The van der Waals surface area contributed by atoms with E-state index in [-0.39, 0.29) is 12.3 Å². The van der Waals surface area contributed by atoms with Crippen molar-refractivity contribution in [2.24, 2.45) is 4.99 Å². The highest BCUT2D eigenvalue weighted by Crippen LogP contribution is 2.03. The molecular weight excluding hydrogens is 360 g/mol. The van der Waals surface area contributed by atoms with Gasteiger partial charge >= 0.3 is 0 Å². The van der Waals surface area contributed by atoms with Gasteiger partial charge in [-0.15, -0.1) is 0 Å². The Labute approximate surface area is 162 Å². The SMILES string of the molecule is CCNC(=NCCS(=O)(=O)NCc1ccccc1)N(C)Cc1ccccc1.